The Kier molecular flexibility index (Phi) is 2.10. The van der Waals surface area contributed by atoms with Gasteiger partial charge in [-0.15, -0.1) is 0 Å². The lowest BCUT2D eigenvalue weighted by Crippen LogP contribution is -2.13. The molecule has 0 unspecified atom stereocenters. The monoisotopic (exact) mass is 191 g/mol. The molecule has 6 heteroatoms. The first-order valence-electron chi connectivity index (χ1n) is 4.17. The molecule has 0 spiro atoms. The van der Waals surface area contributed by atoms with Crippen LogP contribution in [0.1, 0.15) is 6.92 Å². The van der Waals surface area contributed by atoms with Crippen molar-refractivity contribution in [2.45, 2.75) is 6.92 Å². The molecule has 0 aliphatic carbocycles. The van der Waals surface area contributed by atoms with Gasteiger partial charge in [-0.05, 0) is 0 Å². The summed E-state index contributed by atoms with van der Waals surface area (Å²) in [5, 5.41) is 5.53. The molecule has 2 N–H and O–H groups in total. The first-order chi connectivity index (χ1) is 6.75. The lowest BCUT2D eigenvalue weighted by molar-refractivity contribution is -0.114. The van der Waals surface area contributed by atoms with Gasteiger partial charge in [0.2, 0.25) is 11.9 Å². The summed E-state index contributed by atoms with van der Waals surface area (Å²) in [7, 11) is 0. The van der Waals surface area contributed by atoms with Crippen molar-refractivity contribution in [3.63, 3.8) is 0 Å². The van der Waals surface area contributed by atoms with Gasteiger partial charge in [-0.3, -0.25) is 15.1 Å². The number of aliphatic imine (C=N–C) groups is 1. The summed E-state index contributed by atoms with van der Waals surface area (Å²) in [6, 6.07) is 0. The van der Waals surface area contributed by atoms with E-state index in [2.05, 4.69) is 25.6 Å². The van der Waals surface area contributed by atoms with Crippen molar-refractivity contribution >= 4 is 29.6 Å². The Labute approximate surface area is 80.5 Å². The molecule has 72 valence electrons. The van der Waals surface area contributed by atoms with Gasteiger partial charge in [0.1, 0.15) is 5.69 Å². The van der Waals surface area contributed by atoms with Crippen molar-refractivity contribution in [2.24, 2.45) is 4.99 Å². The summed E-state index contributed by atoms with van der Waals surface area (Å²) < 4.78 is 0. The molecular weight excluding hydrogens is 182 g/mol. The molecule has 0 saturated heterocycles. The fourth-order valence-corrected chi connectivity index (χ4v) is 1.10. The second kappa shape index (κ2) is 3.41. The van der Waals surface area contributed by atoms with Gasteiger partial charge in [-0.1, -0.05) is 0 Å². The Balaban J connectivity index is 2.30. The molecule has 6 nitrogen and oxygen atoms in total. The van der Waals surface area contributed by atoms with Crippen LogP contribution < -0.4 is 10.6 Å². The van der Waals surface area contributed by atoms with E-state index in [9.17, 15) is 4.79 Å². The van der Waals surface area contributed by atoms with Crippen molar-refractivity contribution in [3.05, 3.63) is 6.20 Å². The molecule has 1 aliphatic rings. The van der Waals surface area contributed by atoms with Crippen LogP contribution in [0.5, 0.6) is 0 Å². The van der Waals surface area contributed by atoms with Gasteiger partial charge in [0, 0.05) is 13.1 Å². The van der Waals surface area contributed by atoms with Gasteiger partial charge < -0.3 is 5.32 Å². The van der Waals surface area contributed by atoms with E-state index in [4.69, 9.17) is 0 Å². The molecule has 0 bridgehead atoms. The molecule has 1 aromatic rings. The van der Waals surface area contributed by atoms with E-state index in [1.807, 2.05) is 0 Å². The average Bonchev–Trinajstić information content (AvgIpc) is 2.17. The van der Waals surface area contributed by atoms with Crippen LogP contribution in [0.15, 0.2) is 11.2 Å². The highest BCUT2D eigenvalue weighted by molar-refractivity contribution is 5.87. The number of carbonyl (C=O) groups excluding carboxylic acids is 1. The van der Waals surface area contributed by atoms with Gasteiger partial charge in [0.15, 0.2) is 5.82 Å². The number of carbonyl (C=O) groups is 1. The van der Waals surface area contributed by atoms with Gasteiger partial charge in [-0.2, -0.15) is 4.98 Å². The number of hydrogen-bond acceptors (Lipinski definition) is 5. The van der Waals surface area contributed by atoms with Crippen molar-refractivity contribution < 1.29 is 4.79 Å². The molecule has 1 amide bonds. The maximum absolute atomic E-state index is 10.7. The number of amides is 1. The quantitative estimate of drug-likeness (QED) is 0.679. The largest absolute Gasteiger partial charge is 0.363 e. The highest BCUT2D eigenvalue weighted by Gasteiger charge is 2.08. The van der Waals surface area contributed by atoms with Gasteiger partial charge in [0.05, 0.1) is 12.7 Å². The van der Waals surface area contributed by atoms with E-state index < -0.39 is 0 Å². The predicted octanol–water partition coefficient (Wildman–Crippen LogP) is 0.563. The van der Waals surface area contributed by atoms with Crippen LogP contribution in [0.3, 0.4) is 0 Å². The number of aromatic nitrogens is 2. The lowest BCUT2D eigenvalue weighted by Gasteiger charge is -2.11. The number of rotatable bonds is 1. The van der Waals surface area contributed by atoms with Crippen LogP contribution in [-0.4, -0.2) is 28.6 Å². The Morgan fingerprint density at radius 3 is 3.29 bits per heavy atom. The van der Waals surface area contributed by atoms with Crippen molar-refractivity contribution in [1.29, 1.82) is 0 Å². The SMILES string of the molecule is CC(=O)Nc1ncc2c(n1)NCC=N2. The second-order valence-corrected chi connectivity index (χ2v) is 2.80. The molecule has 0 atom stereocenters. The Bertz CT molecular complexity index is 401. The molecule has 1 aliphatic heterocycles. The van der Waals surface area contributed by atoms with E-state index >= 15 is 0 Å². The maximum Gasteiger partial charge on any atom is 0.231 e. The number of nitrogens with zero attached hydrogens (tertiary/aromatic N) is 3. The molecule has 2 rings (SSSR count). The molecule has 0 fully saturated rings. The first kappa shape index (κ1) is 8.61. The summed E-state index contributed by atoms with van der Waals surface area (Å²) in [6.07, 6.45) is 3.31. The maximum atomic E-state index is 10.7. The van der Waals surface area contributed by atoms with E-state index in [1.165, 1.54) is 6.92 Å². The summed E-state index contributed by atoms with van der Waals surface area (Å²) >= 11 is 0. The summed E-state index contributed by atoms with van der Waals surface area (Å²) in [4.78, 5) is 22.8. The van der Waals surface area contributed by atoms with Crippen molar-refractivity contribution in [3.8, 4) is 0 Å². The standard InChI is InChI=1S/C8H9N5O/c1-5(14)12-8-11-4-6-7(13-8)10-3-2-9-6/h2,4H,3H2,1H3,(H2,10,11,12,13,14). The van der Waals surface area contributed by atoms with Crippen LogP contribution in [-0.2, 0) is 4.79 Å². The van der Waals surface area contributed by atoms with E-state index in [0.717, 1.165) is 0 Å². The topological polar surface area (TPSA) is 79.3 Å². The second-order valence-electron chi connectivity index (χ2n) is 2.80. The summed E-state index contributed by atoms with van der Waals surface area (Å²) in [5.41, 5.74) is 0.686. The number of fused-ring (bicyclic) bond motifs is 1. The third kappa shape index (κ3) is 1.68. The van der Waals surface area contributed by atoms with Crippen molar-refractivity contribution in [2.75, 3.05) is 17.2 Å². The Hall–Kier alpha value is -1.98. The Morgan fingerprint density at radius 1 is 1.64 bits per heavy atom. The minimum atomic E-state index is -0.190. The minimum Gasteiger partial charge on any atom is -0.363 e. The van der Waals surface area contributed by atoms with E-state index in [1.54, 1.807) is 12.4 Å². The molecular formula is C8H9N5O. The molecule has 1 aromatic heterocycles. The molecule has 2 heterocycles. The van der Waals surface area contributed by atoms with Gasteiger partial charge in [-0.25, -0.2) is 4.98 Å². The zero-order valence-electron chi connectivity index (χ0n) is 7.61. The summed E-state index contributed by atoms with van der Waals surface area (Å²) in [6.45, 7) is 2.05. The van der Waals surface area contributed by atoms with Crippen LogP contribution in [0.25, 0.3) is 0 Å². The van der Waals surface area contributed by atoms with E-state index in [0.29, 0.717) is 24.0 Å². The molecule has 0 saturated carbocycles. The zero-order chi connectivity index (χ0) is 9.97. The normalized spacial score (nSPS) is 12.9. The predicted molar refractivity (Wildman–Crippen MR) is 53.0 cm³/mol. The third-order valence-electron chi connectivity index (χ3n) is 1.65. The highest BCUT2D eigenvalue weighted by Crippen LogP contribution is 2.23. The first-order valence-corrected chi connectivity index (χ1v) is 4.17. The number of anilines is 2. The van der Waals surface area contributed by atoms with E-state index in [-0.39, 0.29) is 5.91 Å². The fourth-order valence-electron chi connectivity index (χ4n) is 1.10. The smallest absolute Gasteiger partial charge is 0.231 e. The zero-order valence-corrected chi connectivity index (χ0v) is 7.61. The van der Waals surface area contributed by atoms with Crippen molar-refractivity contribution in [1.82, 2.24) is 9.97 Å². The lowest BCUT2D eigenvalue weighted by atomic mass is 10.4. The van der Waals surface area contributed by atoms with Crippen LogP contribution >= 0.6 is 0 Å². The van der Waals surface area contributed by atoms with Gasteiger partial charge >= 0.3 is 0 Å². The molecule has 0 radical (unpaired) electrons. The molecule has 14 heavy (non-hydrogen) atoms. The minimum absolute atomic E-state index is 0.190. The van der Waals surface area contributed by atoms with Crippen LogP contribution in [0, 0.1) is 0 Å². The fraction of sp³-hybridized carbons (Fsp3) is 0.250. The third-order valence-corrected chi connectivity index (χ3v) is 1.65. The summed E-state index contributed by atoms with van der Waals surface area (Å²) in [5.74, 6) is 0.747. The van der Waals surface area contributed by atoms with Crippen LogP contribution in [0.2, 0.25) is 0 Å². The average molecular weight is 191 g/mol. The number of hydrogen-bond donors (Lipinski definition) is 2. The number of nitrogens with one attached hydrogen (secondary N) is 2. The van der Waals surface area contributed by atoms with Gasteiger partial charge in [0.25, 0.3) is 0 Å². The molecule has 0 aromatic carbocycles. The Morgan fingerprint density at radius 2 is 2.50 bits per heavy atom. The highest BCUT2D eigenvalue weighted by atomic mass is 16.1. The van der Waals surface area contributed by atoms with Crippen LogP contribution in [0.4, 0.5) is 17.5 Å².